The van der Waals surface area contributed by atoms with Gasteiger partial charge in [-0.25, -0.2) is 14.5 Å². The normalized spacial score (nSPS) is 22.0. The van der Waals surface area contributed by atoms with Gasteiger partial charge >= 0.3 is 0 Å². The fraction of sp³-hybridized carbons (Fsp3) is 0.391. The highest BCUT2D eigenvalue weighted by Gasteiger charge is 2.42. The quantitative estimate of drug-likeness (QED) is 0.516. The first kappa shape index (κ1) is 19.2. The van der Waals surface area contributed by atoms with Gasteiger partial charge in [-0.1, -0.05) is 0 Å². The minimum atomic E-state index is 0.103. The highest BCUT2D eigenvalue weighted by molar-refractivity contribution is 5.72. The lowest BCUT2D eigenvalue weighted by molar-refractivity contribution is 0.0642. The van der Waals surface area contributed by atoms with Crippen molar-refractivity contribution >= 4 is 17.2 Å². The van der Waals surface area contributed by atoms with Crippen molar-refractivity contribution in [1.29, 1.82) is 0 Å². The van der Waals surface area contributed by atoms with Gasteiger partial charge in [0.05, 0.1) is 23.9 Å². The molecule has 2 aliphatic heterocycles. The Morgan fingerprint density at radius 2 is 2.03 bits per heavy atom. The number of rotatable bonds is 5. The van der Waals surface area contributed by atoms with Crippen molar-refractivity contribution in [2.45, 2.75) is 51.4 Å². The van der Waals surface area contributed by atoms with Gasteiger partial charge in [-0.05, 0) is 38.8 Å². The monoisotopic (exact) mass is 431 g/mol. The summed E-state index contributed by atoms with van der Waals surface area (Å²) >= 11 is 0. The Morgan fingerprint density at radius 1 is 1.12 bits per heavy atom. The van der Waals surface area contributed by atoms with Crippen LogP contribution in [0.5, 0.6) is 5.75 Å². The molecule has 2 saturated heterocycles. The van der Waals surface area contributed by atoms with Crippen molar-refractivity contribution in [3.05, 3.63) is 48.2 Å². The fourth-order valence-corrected chi connectivity index (χ4v) is 4.83. The number of nitrogens with zero attached hydrogens (tertiary/aromatic N) is 6. The molecule has 9 heteroatoms. The molecular formula is C23H25N7O2. The van der Waals surface area contributed by atoms with Gasteiger partial charge in [0.1, 0.15) is 23.4 Å². The van der Waals surface area contributed by atoms with Crippen molar-refractivity contribution in [2.24, 2.45) is 7.05 Å². The first-order valence-electron chi connectivity index (χ1n) is 10.9. The van der Waals surface area contributed by atoms with E-state index in [0.29, 0.717) is 6.10 Å². The lowest BCUT2D eigenvalue weighted by Gasteiger charge is -2.20. The van der Waals surface area contributed by atoms with E-state index < -0.39 is 0 Å². The maximum Gasteiger partial charge on any atom is 0.165 e. The van der Waals surface area contributed by atoms with E-state index in [1.165, 1.54) is 0 Å². The van der Waals surface area contributed by atoms with Gasteiger partial charge in [-0.15, -0.1) is 0 Å². The Balaban J connectivity index is 1.29. The van der Waals surface area contributed by atoms with E-state index in [0.717, 1.165) is 64.9 Å². The number of fused-ring (bicyclic) bond motifs is 3. The summed E-state index contributed by atoms with van der Waals surface area (Å²) in [6.07, 6.45) is 7.58. The van der Waals surface area contributed by atoms with Crippen molar-refractivity contribution in [1.82, 2.24) is 29.4 Å². The molecule has 164 valence electrons. The second kappa shape index (κ2) is 7.30. The topological polar surface area (TPSA) is 91.4 Å². The molecule has 6 heterocycles. The number of hydrogen-bond acceptors (Lipinski definition) is 7. The molecule has 0 radical (unpaired) electrons. The van der Waals surface area contributed by atoms with Crippen molar-refractivity contribution in [2.75, 3.05) is 5.32 Å². The molecule has 0 aromatic carbocycles. The van der Waals surface area contributed by atoms with E-state index in [4.69, 9.17) is 9.47 Å². The maximum absolute atomic E-state index is 6.38. The molecule has 4 aromatic heterocycles. The van der Waals surface area contributed by atoms with E-state index in [-0.39, 0.29) is 12.2 Å². The molecule has 6 rings (SSSR count). The number of ether oxygens (including phenoxy) is 2. The summed E-state index contributed by atoms with van der Waals surface area (Å²) in [6, 6.07) is 8.03. The Kier molecular flexibility index (Phi) is 4.39. The van der Waals surface area contributed by atoms with E-state index in [1.807, 2.05) is 54.5 Å². The van der Waals surface area contributed by atoms with Crippen molar-refractivity contribution < 1.29 is 9.47 Å². The molecule has 4 aromatic rings. The van der Waals surface area contributed by atoms with Crippen LogP contribution in [-0.2, 0) is 11.8 Å². The Morgan fingerprint density at radius 3 is 2.81 bits per heavy atom. The summed E-state index contributed by atoms with van der Waals surface area (Å²) in [5, 5.41) is 12.4. The average Bonchev–Trinajstić information content (AvgIpc) is 3.51. The van der Waals surface area contributed by atoms with Crippen LogP contribution in [0, 0.1) is 13.8 Å². The van der Waals surface area contributed by atoms with Crippen LogP contribution in [-0.4, -0.2) is 47.7 Å². The lowest BCUT2D eigenvalue weighted by atomic mass is 9.98. The van der Waals surface area contributed by atoms with Gasteiger partial charge in [0.2, 0.25) is 0 Å². The second-order valence-corrected chi connectivity index (χ2v) is 8.63. The summed E-state index contributed by atoms with van der Waals surface area (Å²) in [4.78, 5) is 8.76. The zero-order chi connectivity index (χ0) is 21.8. The molecule has 2 fully saturated rings. The Hall–Kier alpha value is -3.46. The third kappa shape index (κ3) is 3.38. The number of aryl methyl sites for hydroxylation is 3. The van der Waals surface area contributed by atoms with Gasteiger partial charge in [-0.2, -0.15) is 10.2 Å². The molecule has 0 saturated carbocycles. The third-order valence-corrected chi connectivity index (χ3v) is 6.19. The van der Waals surface area contributed by atoms with Crippen LogP contribution >= 0.6 is 0 Å². The molecule has 2 aliphatic rings. The smallest absolute Gasteiger partial charge is 0.165 e. The molecular weight excluding hydrogens is 406 g/mol. The van der Waals surface area contributed by atoms with Crippen LogP contribution in [0.4, 0.5) is 11.6 Å². The van der Waals surface area contributed by atoms with Crippen LogP contribution in [0.15, 0.2) is 36.7 Å². The number of nitrogens with one attached hydrogen (secondary N) is 1. The highest BCUT2D eigenvalue weighted by Crippen LogP contribution is 2.39. The molecule has 2 bridgehead atoms. The number of aromatic nitrogens is 6. The fourth-order valence-electron chi connectivity index (χ4n) is 4.83. The summed E-state index contributed by atoms with van der Waals surface area (Å²) in [5.74, 6) is 2.97. The van der Waals surface area contributed by atoms with Crippen molar-refractivity contribution in [3.8, 4) is 17.0 Å². The Labute approximate surface area is 185 Å². The van der Waals surface area contributed by atoms with Crippen molar-refractivity contribution in [3.63, 3.8) is 0 Å². The highest BCUT2D eigenvalue weighted by atomic mass is 16.6. The molecule has 0 spiro atoms. The largest absolute Gasteiger partial charge is 0.484 e. The lowest BCUT2D eigenvalue weighted by Crippen LogP contribution is -2.28. The Bertz CT molecular complexity index is 1290. The summed E-state index contributed by atoms with van der Waals surface area (Å²) < 4.78 is 16.0. The van der Waals surface area contributed by atoms with Crippen LogP contribution in [0.2, 0.25) is 0 Å². The van der Waals surface area contributed by atoms with Gasteiger partial charge in [0.25, 0.3) is 0 Å². The molecule has 3 unspecified atom stereocenters. The average molecular weight is 432 g/mol. The first-order valence-corrected chi connectivity index (χ1v) is 10.9. The molecule has 0 aliphatic carbocycles. The first-order chi connectivity index (χ1) is 15.5. The molecule has 3 atom stereocenters. The summed E-state index contributed by atoms with van der Waals surface area (Å²) in [6.45, 7) is 3.83. The molecule has 0 amide bonds. The number of hydrogen-bond donors (Lipinski definition) is 1. The SMILES string of the molecule is Cc1cc(Nc2cc3cc(-c4c(OC5CC6CCC5O6)cnn4C)ccn3n2)nc(C)n1. The van der Waals surface area contributed by atoms with Gasteiger partial charge in [0.15, 0.2) is 11.6 Å². The minimum Gasteiger partial charge on any atom is -0.484 e. The summed E-state index contributed by atoms with van der Waals surface area (Å²) in [7, 11) is 1.94. The van der Waals surface area contributed by atoms with Crippen LogP contribution in [0.1, 0.15) is 30.8 Å². The van der Waals surface area contributed by atoms with E-state index in [1.54, 1.807) is 6.20 Å². The standard InChI is InChI=1S/C23H25N7O2/c1-13-8-21(26-14(2)25-13)27-22-10-16-9-15(6-7-30(16)28-22)23-20(12-24-29(23)3)32-19-11-17-4-5-18(19)31-17/h6-10,12,17-19H,4-5,11H2,1-3H3,(H,25,26,27,28). The van der Waals surface area contributed by atoms with Crippen LogP contribution in [0.3, 0.4) is 0 Å². The predicted molar refractivity (Wildman–Crippen MR) is 119 cm³/mol. The minimum absolute atomic E-state index is 0.103. The van der Waals surface area contributed by atoms with Gasteiger partial charge < -0.3 is 14.8 Å². The number of anilines is 2. The zero-order valence-electron chi connectivity index (χ0n) is 18.3. The van der Waals surface area contributed by atoms with Gasteiger partial charge in [-0.3, -0.25) is 4.68 Å². The maximum atomic E-state index is 6.38. The molecule has 1 N–H and O–H groups in total. The predicted octanol–water partition coefficient (Wildman–Crippen LogP) is 3.58. The van der Waals surface area contributed by atoms with Crippen LogP contribution in [0.25, 0.3) is 16.8 Å². The van der Waals surface area contributed by atoms with E-state index in [9.17, 15) is 0 Å². The number of pyridine rings is 1. The van der Waals surface area contributed by atoms with Crippen LogP contribution < -0.4 is 10.1 Å². The molecule has 9 nitrogen and oxygen atoms in total. The zero-order valence-corrected chi connectivity index (χ0v) is 18.3. The summed E-state index contributed by atoms with van der Waals surface area (Å²) in [5.41, 5.74) is 3.85. The molecule has 32 heavy (non-hydrogen) atoms. The van der Waals surface area contributed by atoms with E-state index >= 15 is 0 Å². The third-order valence-electron chi connectivity index (χ3n) is 6.19. The van der Waals surface area contributed by atoms with Gasteiger partial charge in [0, 0.05) is 43.1 Å². The van der Waals surface area contributed by atoms with E-state index in [2.05, 4.69) is 31.5 Å². The second-order valence-electron chi connectivity index (χ2n) is 8.63.